The maximum absolute atomic E-state index is 10.9. The van der Waals surface area contributed by atoms with Gasteiger partial charge in [0.2, 0.25) is 0 Å². The van der Waals surface area contributed by atoms with Crippen molar-refractivity contribution in [3.05, 3.63) is 65.7 Å². The summed E-state index contributed by atoms with van der Waals surface area (Å²) >= 11 is 0. The van der Waals surface area contributed by atoms with E-state index in [-0.39, 0.29) is 11.6 Å². The Morgan fingerprint density at radius 2 is 1.57 bits per heavy atom. The van der Waals surface area contributed by atoms with E-state index >= 15 is 0 Å². The van der Waals surface area contributed by atoms with Crippen molar-refractivity contribution in [2.75, 3.05) is 0 Å². The predicted molar refractivity (Wildman–Crippen MR) is 89.5 cm³/mol. The summed E-state index contributed by atoms with van der Waals surface area (Å²) in [5.41, 5.74) is 2.68. The van der Waals surface area contributed by atoms with Gasteiger partial charge in [-0.05, 0) is 36.1 Å². The summed E-state index contributed by atoms with van der Waals surface area (Å²) in [5, 5.41) is 19.6. The van der Waals surface area contributed by atoms with Crippen molar-refractivity contribution in [2.45, 2.75) is 39.3 Å². The molecule has 0 aliphatic carbocycles. The Hall–Kier alpha value is -2.56. The van der Waals surface area contributed by atoms with Crippen LogP contribution in [0.3, 0.4) is 0 Å². The van der Waals surface area contributed by atoms with Gasteiger partial charge in [-0.3, -0.25) is 0 Å². The molecule has 2 heterocycles. The summed E-state index contributed by atoms with van der Waals surface area (Å²) in [6.07, 6.45) is 6.90. The zero-order valence-corrected chi connectivity index (χ0v) is 13.9. The highest BCUT2D eigenvalue weighted by molar-refractivity contribution is 5.48. The number of phenolic OH excluding ortho intramolecular Hbond substituents is 1. The molecular weight excluding hydrogens is 288 g/mol. The maximum Gasteiger partial charge on any atom is 0.172 e. The van der Waals surface area contributed by atoms with E-state index in [0.717, 1.165) is 16.7 Å². The number of hydrogen-bond acceptors (Lipinski definition) is 3. The van der Waals surface area contributed by atoms with Gasteiger partial charge < -0.3 is 5.11 Å². The molecule has 0 radical (unpaired) electrons. The lowest BCUT2D eigenvalue weighted by Gasteiger charge is -2.26. The van der Waals surface area contributed by atoms with Gasteiger partial charge in [-0.25, -0.2) is 9.36 Å². The lowest BCUT2D eigenvalue weighted by molar-refractivity contribution is 0.383. The smallest absolute Gasteiger partial charge is 0.172 e. The molecule has 0 atom stereocenters. The SMILES string of the molecule is Cc1cc(C(n2cccn2)n2cccn2)c(O)c(C(C)(C)C)c1. The number of aryl methyl sites for hydroxylation is 1. The van der Waals surface area contributed by atoms with Crippen molar-refractivity contribution in [3.8, 4) is 5.75 Å². The fourth-order valence-corrected chi connectivity index (χ4v) is 2.83. The number of nitrogens with zero attached hydrogens (tertiary/aromatic N) is 4. The van der Waals surface area contributed by atoms with Gasteiger partial charge in [0.1, 0.15) is 5.75 Å². The summed E-state index contributed by atoms with van der Waals surface area (Å²) in [4.78, 5) is 0. The van der Waals surface area contributed by atoms with Gasteiger partial charge >= 0.3 is 0 Å². The average Bonchev–Trinajstić information content (AvgIpc) is 3.15. The zero-order valence-electron chi connectivity index (χ0n) is 13.9. The van der Waals surface area contributed by atoms with Gasteiger partial charge in [0.05, 0.1) is 0 Å². The standard InChI is InChI=1S/C18H22N4O/c1-13-11-14(16(23)15(12-13)18(2,3)4)17(21-9-5-7-19-21)22-10-6-8-20-22/h5-12,17,23H,1-4H3. The van der Waals surface area contributed by atoms with Crippen LogP contribution in [0.1, 0.15) is 43.6 Å². The summed E-state index contributed by atoms with van der Waals surface area (Å²) in [7, 11) is 0. The zero-order chi connectivity index (χ0) is 16.6. The number of rotatable bonds is 3. The molecule has 0 spiro atoms. The molecular formula is C18H22N4O. The van der Waals surface area contributed by atoms with Crippen LogP contribution in [-0.2, 0) is 5.41 Å². The molecule has 0 unspecified atom stereocenters. The number of benzene rings is 1. The summed E-state index contributed by atoms with van der Waals surface area (Å²) < 4.78 is 3.60. The Bertz CT molecular complexity index is 749. The molecule has 0 aliphatic heterocycles. The summed E-state index contributed by atoms with van der Waals surface area (Å²) in [5.74, 6) is 0.305. The first-order valence-electron chi connectivity index (χ1n) is 7.70. The summed E-state index contributed by atoms with van der Waals surface area (Å²) in [6.45, 7) is 8.34. The van der Waals surface area contributed by atoms with Gasteiger partial charge in [0.25, 0.3) is 0 Å². The molecule has 0 saturated carbocycles. The molecule has 0 saturated heterocycles. The van der Waals surface area contributed by atoms with Crippen molar-refractivity contribution in [1.29, 1.82) is 0 Å². The van der Waals surface area contributed by atoms with Crippen LogP contribution in [0, 0.1) is 6.92 Å². The van der Waals surface area contributed by atoms with Gasteiger partial charge in [-0.1, -0.05) is 32.4 Å². The van der Waals surface area contributed by atoms with E-state index in [1.54, 1.807) is 21.8 Å². The van der Waals surface area contributed by atoms with Crippen molar-refractivity contribution in [2.24, 2.45) is 0 Å². The number of aromatic nitrogens is 4. The predicted octanol–water partition coefficient (Wildman–Crippen LogP) is 3.49. The van der Waals surface area contributed by atoms with Crippen LogP contribution in [0.4, 0.5) is 0 Å². The van der Waals surface area contributed by atoms with Crippen LogP contribution >= 0.6 is 0 Å². The second-order valence-electron chi connectivity index (χ2n) is 6.85. The van der Waals surface area contributed by atoms with Crippen molar-refractivity contribution in [3.63, 3.8) is 0 Å². The Balaban J connectivity index is 2.24. The van der Waals surface area contributed by atoms with Crippen LogP contribution in [-0.4, -0.2) is 24.7 Å². The molecule has 5 heteroatoms. The fourth-order valence-electron chi connectivity index (χ4n) is 2.83. The minimum Gasteiger partial charge on any atom is -0.507 e. The number of phenols is 1. The Labute approximate surface area is 136 Å². The van der Waals surface area contributed by atoms with E-state index < -0.39 is 0 Å². The van der Waals surface area contributed by atoms with Gasteiger partial charge in [0, 0.05) is 30.4 Å². The second-order valence-corrected chi connectivity index (χ2v) is 6.85. The lowest BCUT2D eigenvalue weighted by atomic mass is 9.84. The van der Waals surface area contributed by atoms with Crippen LogP contribution in [0.15, 0.2) is 49.1 Å². The molecule has 3 rings (SSSR count). The molecule has 0 amide bonds. The molecule has 3 aromatic rings. The number of hydrogen-bond donors (Lipinski definition) is 1. The second kappa shape index (κ2) is 5.57. The molecule has 0 fully saturated rings. The Morgan fingerprint density at radius 1 is 1.00 bits per heavy atom. The number of aromatic hydroxyl groups is 1. The van der Waals surface area contributed by atoms with Crippen LogP contribution < -0.4 is 0 Å². The highest BCUT2D eigenvalue weighted by Gasteiger charge is 2.26. The quantitative estimate of drug-likeness (QED) is 0.805. The third-order valence-corrected chi connectivity index (χ3v) is 3.92. The van der Waals surface area contributed by atoms with E-state index in [1.807, 2.05) is 43.6 Å². The lowest BCUT2D eigenvalue weighted by Crippen LogP contribution is -2.22. The minimum atomic E-state index is -0.319. The average molecular weight is 310 g/mol. The highest BCUT2D eigenvalue weighted by atomic mass is 16.3. The summed E-state index contributed by atoms with van der Waals surface area (Å²) in [6, 6.07) is 7.78. The van der Waals surface area contributed by atoms with E-state index in [4.69, 9.17) is 0 Å². The van der Waals surface area contributed by atoms with E-state index in [2.05, 4.69) is 31.0 Å². The molecule has 23 heavy (non-hydrogen) atoms. The first-order valence-corrected chi connectivity index (χ1v) is 7.70. The van der Waals surface area contributed by atoms with E-state index in [9.17, 15) is 5.11 Å². The topological polar surface area (TPSA) is 55.9 Å². The first-order chi connectivity index (χ1) is 10.9. The van der Waals surface area contributed by atoms with Gasteiger partial charge in [-0.2, -0.15) is 10.2 Å². The van der Waals surface area contributed by atoms with Crippen molar-refractivity contribution in [1.82, 2.24) is 19.6 Å². The molecule has 1 aromatic carbocycles. The molecule has 0 bridgehead atoms. The molecule has 0 aliphatic rings. The van der Waals surface area contributed by atoms with Gasteiger partial charge in [0.15, 0.2) is 6.17 Å². The normalized spacial score (nSPS) is 12.0. The van der Waals surface area contributed by atoms with Gasteiger partial charge in [-0.15, -0.1) is 0 Å². The highest BCUT2D eigenvalue weighted by Crippen LogP contribution is 2.38. The molecule has 120 valence electrons. The maximum atomic E-state index is 10.9. The first kappa shape index (κ1) is 15.3. The van der Waals surface area contributed by atoms with Crippen LogP contribution in [0.5, 0.6) is 5.75 Å². The van der Waals surface area contributed by atoms with Crippen molar-refractivity contribution < 1.29 is 5.11 Å². The third-order valence-electron chi connectivity index (χ3n) is 3.92. The van der Waals surface area contributed by atoms with E-state index in [1.165, 1.54) is 0 Å². The molecule has 1 N–H and O–H groups in total. The third kappa shape index (κ3) is 2.86. The Morgan fingerprint density at radius 3 is 2.00 bits per heavy atom. The largest absolute Gasteiger partial charge is 0.507 e. The minimum absolute atomic E-state index is 0.149. The molecule has 5 nitrogen and oxygen atoms in total. The van der Waals surface area contributed by atoms with Crippen LogP contribution in [0.25, 0.3) is 0 Å². The van der Waals surface area contributed by atoms with E-state index in [0.29, 0.717) is 5.75 Å². The Kier molecular flexibility index (Phi) is 3.72. The molecule has 2 aromatic heterocycles. The van der Waals surface area contributed by atoms with Crippen molar-refractivity contribution >= 4 is 0 Å². The monoisotopic (exact) mass is 310 g/mol. The van der Waals surface area contributed by atoms with Crippen LogP contribution in [0.2, 0.25) is 0 Å². The fraction of sp³-hybridized carbons (Fsp3) is 0.333.